The summed E-state index contributed by atoms with van der Waals surface area (Å²) in [5, 5.41) is 13.9. The Kier molecular flexibility index (Phi) is 17.9. The van der Waals surface area contributed by atoms with E-state index in [0.29, 0.717) is 0 Å². The molecule has 0 amide bonds. The van der Waals surface area contributed by atoms with Crippen molar-refractivity contribution in [1.29, 1.82) is 0 Å². The Morgan fingerprint density at radius 1 is 0.759 bits per heavy atom. The van der Waals surface area contributed by atoms with Gasteiger partial charge in [-0.2, -0.15) is 8.42 Å². The molecular formula is C20H42O7PS+. The van der Waals surface area contributed by atoms with Gasteiger partial charge in [0.15, 0.2) is 5.25 Å². The number of carbonyl (C=O) groups is 2. The lowest BCUT2D eigenvalue weighted by Crippen LogP contribution is -2.31. The van der Waals surface area contributed by atoms with Crippen LogP contribution in [0.5, 0.6) is 0 Å². The lowest BCUT2D eigenvalue weighted by Gasteiger charge is -2.28. The lowest BCUT2D eigenvalue weighted by atomic mass is 10.3. The normalized spacial score (nSPS) is 12.7. The van der Waals surface area contributed by atoms with E-state index in [1.54, 1.807) is 24.6 Å². The Bertz CT molecular complexity index is 512. The van der Waals surface area contributed by atoms with Gasteiger partial charge in [-0.05, 0) is 25.7 Å². The number of unbranched alkanes of at least 4 members (excludes halogenated alkanes) is 4. The minimum absolute atomic E-state index is 0.562. The molecule has 3 N–H and O–H groups in total. The highest BCUT2D eigenvalue weighted by molar-refractivity contribution is 7.87. The maximum Gasteiger partial charge on any atom is 0.325 e. The average molecular weight is 458 g/mol. The first kappa shape index (κ1) is 30.5. The van der Waals surface area contributed by atoms with Crippen LogP contribution in [0.3, 0.4) is 0 Å². The molecule has 7 nitrogen and oxygen atoms in total. The van der Waals surface area contributed by atoms with Crippen molar-refractivity contribution in [3.8, 4) is 0 Å². The second kappa shape index (κ2) is 17.0. The Morgan fingerprint density at radius 3 is 1.21 bits per heavy atom. The van der Waals surface area contributed by atoms with Crippen LogP contribution in [0.25, 0.3) is 0 Å². The third-order valence-corrected chi connectivity index (χ3v) is 11.1. The third kappa shape index (κ3) is 15.7. The first-order valence-corrected chi connectivity index (χ1v) is 14.8. The molecule has 0 aromatic heterocycles. The highest BCUT2D eigenvalue weighted by Gasteiger charge is 2.34. The van der Waals surface area contributed by atoms with Crippen LogP contribution in [-0.4, -0.2) is 65.0 Å². The van der Waals surface area contributed by atoms with E-state index >= 15 is 0 Å². The molecule has 0 saturated heterocycles. The summed E-state index contributed by atoms with van der Waals surface area (Å²) in [7, 11) is -5.40. The topological polar surface area (TPSA) is 129 Å². The average Bonchev–Trinajstić information content (AvgIpc) is 2.64. The first-order chi connectivity index (χ1) is 13.5. The van der Waals surface area contributed by atoms with E-state index in [9.17, 15) is 18.0 Å². The van der Waals surface area contributed by atoms with Crippen molar-refractivity contribution in [2.45, 2.75) is 90.7 Å². The third-order valence-electron chi connectivity index (χ3n) is 4.94. The van der Waals surface area contributed by atoms with Crippen LogP contribution in [0.1, 0.15) is 85.5 Å². The van der Waals surface area contributed by atoms with E-state index in [0.717, 1.165) is 0 Å². The van der Waals surface area contributed by atoms with Crippen molar-refractivity contribution in [3.63, 3.8) is 0 Å². The van der Waals surface area contributed by atoms with E-state index in [4.69, 9.17) is 14.8 Å². The molecule has 0 spiro atoms. The monoisotopic (exact) mass is 457 g/mol. The van der Waals surface area contributed by atoms with E-state index in [2.05, 4.69) is 27.7 Å². The molecule has 0 aliphatic heterocycles. The fourth-order valence-corrected chi connectivity index (χ4v) is 9.02. The van der Waals surface area contributed by atoms with Crippen LogP contribution in [0, 0.1) is 0 Å². The Balaban J connectivity index is 0. The van der Waals surface area contributed by atoms with Crippen LogP contribution >= 0.6 is 7.26 Å². The van der Waals surface area contributed by atoms with Crippen molar-refractivity contribution >= 4 is 29.3 Å². The number of carboxylic acid groups (broad SMARTS) is 2. The van der Waals surface area contributed by atoms with Gasteiger partial charge in [0.2, 0.25) is 0 Å². The number of hydrogen-bond donors (Lipinski definition) is 3. The summed E-state index contributed by atoms with van der Waals surface area (Å²) in [5.41, 5.74) is 0. The van der Waals surface area contributed by atoms with Crippen molar-refractivity contribution in [2.24, 2.45) is 0 Å². The fourth-order valence-electron chi connectivity index (χ4n) is 3.12. The van der Waals surface area contributed by atoms with Gasteiger partial charge in [-0.15, -0.1) is 0 Å². The SMILES string of the molecule is CCCC[P+](CCCC)(CCCC)CCCC.O=C(O)CC(C(=O)O)S(=O)(=O)O. The van der Waals surface area contributed by atoms with Gasteiger partial charge in [-0.1, -0.05) is 53.4 Å². The number of rotatable bonds is 16. The second-order valence-corrected chi connectivity index (χ2v) is 13.7. The first-order valence-electron chi connectivity index (χ1n) is 10.8. The molecule has 9 heteroatoms. The highest BCUT2D eigenvalue weighted by atomic mass is 32.2. The van der Waals surface area contributed by atoms with Gasteiger partial charge in [0.1, 0.15) is 0 Å². The molecule has 174 valence electrons. The Hall–Kier alpha value is -0.720. The summed E-state index contributed by atoms with van der Waals surface area (Å²) in [5.74, 6) is -3.50. The van der Waals surface area contributed by atoms with Crippen molar-refractivity contribution in [1.82, 2.24) is 0 Å². The van der Waals surface area contributed by atoms with Gasteiger partial charge in [0, 0.05) is 7.26 Å². The molecule has 29 heavy (non-hydrogen) atoms. The van der Waals surface area contributed by atoms with Crippen molar-refractivity contribution < 1.29 is 32.8 Å². The number of carboxylic acids is 2. The zero-order chi connectivity index (χ0) is 22.9. The van der Waals surface area contributed by atoms with Gasteiger partial charge in [0.25, 0.3) is 10.1 Å². The van der Waals surface area contributed by atoms with E-state index in [1.807, 2.05) is 0 Å². The molecule has 0 rings (SSSR count). The zero-order valence-corrected chi connectivity index (χ0v) is 20.3. The van der Waals surface area contributed by atoms with E-state index in [-0.39, 0.29) is 0 Å². The molecule has 0 saturated carbocycles. The fraction of sp³-hybridized carbons (Fsp3) is 0.900. The minimum Gasteiger partial charge on any atom is -0.481 e. The smallest absolute Gasteiger partial charge is 0.325 e. The van der Waals surface area contributed by atoms with Gasteiger partial charge >= 0.3 is 11.9 Å². The maximum atomic E-state index is 10.2. The molecule has 0 aliphatic rings. The standard InChI is InChI=1S/C16H36P.C4H6O7S/c1-5-9-13-17(14-10-6-2,15-11-7-3)16-12-8-4;5-3(6)1-2(4(7)8)12(9,10)11/h5-16H2,1-4H3;2H,1H2,(H,5,6)(H,7,8)(H,9,10,11)/q+1;. The van der Waals surface area contributed by atoms with Crippen LogP contribution < -0.4 is 0 Å². The highest BCUT2D eigenvalue weighted by Crippen LogP contribution is 2.61. The van der Waals surface area contributed by atoms with Crippen LogP contribution in [0.2, 0.25) is 0 Å². The molecule has 0 radical (unpaired) electrons. The van der Waals surface area contributed by atoms with Gasteiger partial charge in [0.05, 0.1) is 31.1 Å². The Morgan fingerprint density at radius 2 is 1.07 bits per heavy atom. The lowest BCUT2D eigenvalue weighted by molar-refractivity contribution is -0.143. The van der Waals surface area contributed by atoms with Crippen LogP contribution in [0.4, 0.5) is 0 Å². The summed E-state index contributed by atoms with van der Waals surface area (Å²) in [4.78, 5) is 20.0. The maximum absolute atomic E-state index is 10.2. The molecular weight excluding hydrogens is 415 g/mol. The molecule has 0 aliphatic carbocycles. The molecule has 1 unspecified atom stereocenters. The van der Waals surface area contributed by atoms with Crippen LogP contribution in [0.15, 0.2) is 0 Å². The summed E-state index contributed by atoms with van der Waals surface area (Å²) < 4.78 is 28.7. The predicted molar refractivity (Wildman–Crippen MR) is 121 cm³/mol. The summed E-state index contributed by atoms with van der Waals surface area (Å²) in [6.45, 7) is 9.42. The van der Waals surface area contributed by atoms with Gasteiger partial charge < -0.3 is 10.2 Å². The molecule has 0 aromatic carbocycles. The van der Waals surface area contributed by atoms with Crippen LogP contribution in [-0.2, 0) is 19.7 Å². The van der Waals surface area contributed by atoms with Crippen molar-refractivity contribution in [3.05, 3.63) is 0 Å². The largest absolute Gasteiger partial charge is 0.481 e. The number of hydrogen-bond acceptors (Lipinski definition) is 4. The minimum atomic E-state index is -4.84. The summed E-state index contributed by atoms with van der Waals surface area (Å²) >= 11 is 0. The quantitative estimate of drug-likeness (QED) is 0.219. The molecule has 0 fully saturated rings. The predicted octanol–water partition coefficient (Wildman–Crippen LogP) is 5.01. The zero-order valence-electron chi connectivity index (χ0n) is 18.6. The van der Waals surface area contributed by atoms with Gasteiger partial charge in [-0.25, -0.2) is 0 Å². The number of aliphatic carboxylic acids is 2. The molecule has 0 heterocycles. The van der Waals surface area contributed by atoms with Crippen molar-refractivity contribution in [2.75, 3.05) is 24.6 Å². The summed E-state index contributed by atoms with van der Waals surface area (Å²) in [6, 6.07) is 0. The van der Waals surface area contributed by atoms with E-state index in [1.165, 1.54) is 51.4 Å². The van der Waals surface area contributed by atoms with Gasteiger partial charge in [-0.3, -0.25) is 14.1 Å². The Labute approximate surface area is 177 Å². The molecule has 1 atom stereocenters. The van der Waals surface area contributed by atoms with E-state index < -0.39 is 41.0 Å². The molecule has 0 bridgehead atoms. The second-order valence-electron chi connectivity index (χ2n) is 7.59. The molecule has 0 aromatic rings. The summed E-state index contributed by atoms with van der Waals surface area (Å²) in [6.07, 6.45) is 16.8.